The average molecular weight is 505 g/mol. The molecule has 7 nitrogen and oxygen atoms in total. The lowest BCUT2D eigenvalue weighted by atomic mass is 9.97. The van der Waals surface area contributed by atoms with E-state index in [2.05, 4.69) is 29.2 Å². The summed E-state index contributed by atoms with van der Waals surface area (Å²) in [6.07, 6.45) is 1.23. The molecular formula is C30H36N2O5. The minimum atomic E-state index is -0.166. The zero-order valence-electron chi connectivity index (χ0n) is 21.7. The van der Waals surface area contributed by atoms with Crippen molar-refractivity contribution in [1.29, 1.82) is 0 Å². The predicted octanol–water partition coefficient (Wildman–Crippen LogP) is 5.30. The molecule has 0 N–H and O–H groups in total. The van der Waals surface area contributed by atoms with Crippen LogP contribution >= 0.6 is 0 Å². The van der Waals surface area contributed by atoms with E-state index in [1.807, 2.05) is 50.2 Å². The van der Waals surface area contributed by atoms with Crippen molar-refractivity contribution in [3.63, 3.8) is 0 Å². The van der Waals surface area contributed by atoms with Gasteiger partial charge in [-0.15, -0.1) is 0 Å². The van der Waals surface area contributed by atoms with Crippen molar-refractivity contribution in [2.45, 2.75) is 46.3 Å². The van der Waals surface area contributed by atoms with Gasteiger partial charge < -0.3 is 18.8 Å². The number of hydrogen-bond donors (Lipinski definition) is 0. The van der Waals surface area contributed by atoms with E-state index in [0.717, 1.165) is 24.6 Å². The lowest BCUT2D eigenvalue weighted by molar-refractivity contribution is -0.149. The van der Waals surface area contributed by atoms with E-state index < -0.39 is 0 Å². The zero-order chi connectivity index (χ0) is 26.0. The van der Waals surface area contributed by atoms with Crippen LogP contribution in [0.4, 0.5) is 0 Å². The molecule has 196 valence electrons. The summed E-state index contributed by atoms with van der Waals surface area (Å²) < 4.78 is 16.7. The molecule has 0 unspecified atom stereocenters. The molecule has 0 atom stereocenters. The van der Waals surface area contributed by atoms with Crippen LogP contribution in [0.3, 0.4) is 0 Å². The third-order valence-electron chi connectivity index (χ3n) is 6.54. The number of esters is 1. The summed E-state index contributed by atoms with van der Waals surface area (Å²) in [7, 11) is 0. The number of rotatable bonds is 11. The first kappa shape index (κ1) is 26.5. The van der Waals surface area contributed by atoms with Crippen LogP contribution in [-0.4, -0.2) is 48.0 Å². The molecule has 2 heterocycles. The number of likely N-dealkylation sites (tertiary alicyclic amines) is 1. The van der Waals surface area contributed by atoms with Gasteiger partial charge in [0.15, 0.2) is 5.76 Å². The molecule has 0 radical (unpaired) electrons. The van der Waals surface area contributed by atoms with Crippen molar-refractivity contribution < 1.29 is 23.5 Å². The van der Waals surface area contributed by atoms with Crippen LogP contribution in [0.5, 0.6) is 5.75 Å². The van der Waals surface area contributed by atoms with Gasteiger partial charge in [-0.1, -0.05) is 42.5 Å². The molecule has 1 aliphatic heterocycles. The molecule has 1 saturated heterocycles. The number of nitrogens with zero attached hydrogens (tertiary/aromatic N) is 2. The Morgan fingerprint density at radius 1 is 0.865 bits per heavy atom. The van der Waals surface area contributed by atoms with Gasteiger partial charge in [0.1, 0.15) is 11.5 Å². The third kappa shape index (κ3) is 7.46. The van der Waals surface area contributed by atoms with Gasteiger partial charge in [-0.25, -0.2) is 0 Å². The molecule has 2 aromatic carbocycles. The lowest BCUT2D eigenvalue weighted by Crippen LogP contribution is -2.40. The molecule has 4 rings (SSSR count). The number of ether oxygens (including phenoxy) is 2. The van der Waals surface area contributed by atoms with Gasteiger partial charge in [-0.2, -0.15) is 0 Å². The molecule has 3 aromatic rings. The standard InChI is InChI=1S/C30H36N2O5/c1-3-35-26-12-10-24(11-13-26)21-31(20-23-8-6-5-7-9-23)22-27-14-15-28(37-27)29(33)32-18-16-25(17-19-32)30(34)36-4-2/h5-15,25H,3-4,16-22H2,1-2H3. The van der Waals surface area contributed by atoms with Crippen molar-refractivity contribution in [2.75, 3.05) is 26.3 Å². The Morgan fingerprint density at radius 3 is 2.19 bits per heavy atom. The van der Waals surface area contributed by atoms with Crippen molar-refractivity contribution in [2.24, 2.45) is 5.92 Å². The maximum atomic E-state index is 13.1. The number of carbonyl (C=O) groups is 2. The monoisotopic (exact) mass is 504 g/mol. The number of furan rings is 1. The molecule has 0 spiro atoms. The van der Waals surface area contributed by atoms with Gasteiger partial charge in [0.05, 0.1) is 25.7 Å². The second-order valence-corrected chi connectivity index (χ2v) is 9.29. The normalized spacial score (nSPS) is 14.1. The number of piperidine rings is 1. The van der Waals surface area contributed by atoms with Crippen LogP contribution in [0.1, 0.15) is 54.1 Å². The topological polar surface area (TPSA) is 72.2 Å². The summed E-state index contributed by atoms with van der Waals surface area (Å²) >= 11 is 0. The van der Waals surface area contributed by atoms with Crippen LogP contribution in [0.2, 0.25) is 0 Å². The molecule has 0 saturated carbocycles. The molecular weight excluding hydrogens is 468 g/mol. The Hall–Kier alpha value is -3.58. The fourth-order valence-electron chi connectivity index (χ4n) is 4.66. The fourth-order valence-corrected chi connectivity index (χ4v) is 4.66. The summed E-state index contributed by atoms with van der Waals surface area (Å²) in [5.74, 6) is 1.51. The van der Waals surface area contributed by atoms with Crippen molar-refractivity contribution >= 4 is 11.9 Å². The second kappa shape index (κ2) is 13.1. The first-order valence-electron chi connectivity index (χ1n) is 13.1. The minimum Gasteiger partial charge on any atom is -0.494 e. The van der Waals surface area contributed by atoms with Gasteiger partial charge in [0, 0.05) is 26.2 Å². The van der Waals surface area contributed by atoms with E-state index >= 15 is 0 Å². The second-order valence-electron chi connectivity index (χ2n) is 9.29. The largest absolute Gasteiger partial charge is 0.494 e. The highest BCUT2D eigenvalue weighted by molar-refractivity contribution is 5.91. The van der Waals surface area contributed by atoms with Gasteiger partial charge in [-0.05, 0) is 62.1 Å². The number of carbonyl (C=O) groups excluding carboxylic acids is 2. The Balaban J connectivity index is 1.40. The molecule has 37 heavy (non-hydrogen) atoms. The first-order valence-corrected chi connectivity index (χ1v) is 13.1. The number of hydrogen-bond acceptors (Lipinski definition) is 6. The minimum absolute atomic E-state index is 0.130. The predicted molar refractivity (Wildman–Crippen MR) is 141 cm³/mol. The average Bonchev–Trinajstić information content (AvgIpc) is 3.39. The lowest BCUT2D eigenvalue weighted by Gasteiger charge is -2.30. The van der Waals surface area contributed by atoms with E-state index in [4.69, 9.17) is 13.9 Å². The molecule has 1 amide bonds. The van der Waals surface area contributed by atoms with Crippen LogP contribution < -0.4 is 4.74 Å². The Bertz CT molecular complexity index is 1130. The van der Waals surface area contributed by atoms with Crippen LogP contribution in [0.25, 0.3) is 0 Å². The van der Waals surface area contributed by atoms with Gasteiger partial charge >= 0.3 is 5.97 Å². The SMILES string of the molecule is CCOC(=O)C1CCN(C(=O)c2ccc(CN(Cc3ccccc3)Cc3ccc(OCC)cc3)o2)CC1. The highest BCUT2D eigenvalue weighted by Crippen LogP contribution is 2.23. The van der Waals surface area contributed by atoms with Gasteiger partial charge in [0.2, 0.25) is 0 Å². The molecule has 1 fully saturated rings. The van der Waals surface area contributed by atoms with Crippen LogP contribution in [0.15, 0.2) is 71.1 Å². The summed E-state index contributed by atoms with van der Waals surface area (Å²) in [6, 6.07) is 22.1. The quantitative estimate of drug-likeness (QED) is 0.330. The summed E-state index contributed by atoms with van der Waals surface area (Å²) in [4.78, 5) is 29.1. The molecule has 7 heteroatoms. The maximum absolute atomic E-state index is 13.1. The maximum Gasteiger partial charge on any atom is 0.309 e. The van der Waals surface area contributed by atoms with E-state index in [9.17, 15) is 9.59 Å². The van der Waals surface area contributed by atoms with Crippen molar-refractivity contribution in [1.82, 2.24) is 9.80 Å². The highest BCUT2D eigenvalue weighted by atomic mass is 16.5. The summed E-state index contributed by atoms with van der Waals surface area (Å²) in [5, 5.41) is 0. The number of benzene rings is 2. The fraction of sp³-hybridized carbons (Fsp3) is 0.400. The van der Waals surface area contributed by atoms with Crippen molar-refractivity contribution in [3.05, 3.63) is 89.4 Å². The summed E-state index contributed by atoms with van der Waals surface area (Å²) in [6.45, 7) is 7.90. The van der Waals surface area contributed by atoms with E-state index in [1.165, 1.54) is 11.1 Å². The van der Waals surface area contributed by atoms with Crippen LogP contribution in [-0.2, 0) is 29.2 Å². The molecule has 1 aromatic heterocycles. The Kier molecular flexibility index (Phi) is 9.38. The smallest absolute Gasteiger partial charge is 0.309 e. The van der Waals surface area contributed by atoms with Gasteiger partial charge in [0.25, 0.3) is 5.91 Å². The third-order valence-corrected chi connectivity index (χ3v) is 6.54. The highest BCUT2D eigenvalue weighted by Gasteiger charge is 2.29. The van der Waals surface area contributed by atoms with E-state index in [0.29, 0.717) is 51.4 Å². The van der Waals surface area contributed by atoms with Crippen molar-refractivity contribution in [3.8, 4) is 5.75 Å². The molecule has 0 bridgehead atoms. The van der Waals surface area contributed by atoms with E-state index in [1.54, 1.807) is 11.0 Å². The Morgan fingerprint density at radius 2 is 1.54 bits per heavy atom. The van der Waals surface area contributed by atoms with Gasteiger partial charge in [-0.3, -0.25) is 14.5 Å². The first-order chi connectivity index (χ1) is 18.1. The summed E-state index contributed by atoms with van der Waals surface area (Å²) in [5.41, 5.74) is 2.38. The van der Waals surface area contributed by atoms with E-state index in [-0.39, 0.29) is 17.8 Å². The Labute approximate surface area is 219 Å². The van der Waals surface area contributed by atoms with Crippen LogP contribution in [0, 0.1) is 5.92 Å². The molecule has 0 aliphatic carbocycles. The number of amides is 1. The zero-order valence-corrected chi connectivity index (χ0v) is 21.7. The molecule has 1 aliphatic rings.